The molecule has 0 aromatic heterocycles. The van der Waals surface area contributed by atoms with Gasteiger partial charge in [0, 0.05) is 0 Å². The van der Waals surface area contributed by atoms with Crippen molar-refractivity contribution in [3.8, 4) is 0 Å². The third kappa shape index (κ3) is 1.48. The molecule has 2 aliphatic rings. The molecule has 74 valence electrons. The molecule has 0 aromatic carbocycles. The minimum atomic E-state index is -0.0776. The third-order valence-electron chi connectivity index (χ3n) is 3.26. The van der Waals surface area contributed by atoms with Gasteiger partial charge < -0.3 is 10.5 Å². The van der Waals surface area contributed by atoms with Crippen LogP contribution in [0.3, 0.4) is 0 Å². The van der Waals surface area contributed by atoms with Crippen LogP contribution in [-0.4, -0.2) is 12.1 Å². The van der Waals surface area contributed by atoms with E-state index in [0.717, 1.165) is 25.2 Å². The Kier molecular flexibility index (Phi) is 2.33. The average molecular weight is 181 g/mol. The molecule has 0 spiro atoms. The Bertz CT molecular complexity index is 222. The van der Waals surface area contributed by atoms with E-state index < -0.39 is 0 Å². The van der Waals surface area contributed by atoms with Crippen molar-refractivity contribution in [2.75, 3.05) is 6.61 Å². The summed E-state index contributed by atoms with van der Waals surface area (Å²) in [6.45, 7) is 2.80. The van der Waals surface area contributed by atoms with Gasteiger partial charge in [0.15, 0.2) is 0 Å². The van der Waals surface area contributed by atoms with Crippen molar-refractivity contribution in [1.29, 1.82) is 0 Å². The highest BCUT2D eigenvalue weighted by atomic mass is 16.5. The maximum absolute atomic E-state index is 6.26. The number of hydrogen-bond acceptors (Lipinski definition) is 2. The van der Waals surface area contributed by atoms with Crippen LogP contribution in [0.25, 0.3) is 0 Å². The van der Waals surface area contributed by atoms with Crippen LogP contribution in [0.4, 0.5) is 0 Å². The van der Waals surface area contributed by atoms with Crippen molar-refractivity contribution in [2.24, 2.45) is 5.73 Å². The van der Waals surface area contributed by atoms with Crippen LogP contribution in [0.15, 0.2) is 11.3 Å². The Hall–Kier alpha value is -0.500. The van der Waals surface area contributed by atoms with Gasteiger partial charge in [0.05, 0.1) is 12.1 Å². The van der Waals surface area contributed by atoms with Gasteiger partial charge in [-0.1, -0.05) is 0 Å². The van der Waals surface area contributed by atoms with Crippen LogP contribution < -0.4 is 5.73 Å². The molecule has 2 N–H and O–H groups in total. The maximum atomic E-state index is 6.26. The first-order valence-electron chi connectivity index (χ1n) is 5.40. The molecule has 0 aromatic rings. The highest BCUT2D eigenvalue weighted by Gasteiger charge is 2.40. The lowest BCUT2D eigenvalue weighted by Crippen LogP contribution is -2.49. The molecule has 13 heavy (non-hydrogen) atoms. The molecule has 0 bridgehead atoms. The zero-order chi connectivity index (χ0) is 9.31. The van der Waals surface area contributed by atoms with E-state index in [4.69, 9.17) is 10.5 Å². The second-order valence-electron chi connectivity index (χ2n) is 4.23. The van der Waals surface area contributed by atoms with E-state index in [2.05, 4.69) is 0 Å². The van der Waals surface area contributed by atoms with Gasteiger partial charge in [-0.05, 0) is 51.0 Å². The Labute approximate surface area is 80.1 Å². The summed E-state index contributed by atoms with van der Waals surface area (Å²) in [5, 5.41) is 0. The molecule has 0 radical (unpaired) electrons. The normalized spacial score (nSPS) is 24.6. The average Bonchev–Trinajstić information content (AvgIpc) is 1.96. The van der Waals surface area contributed by atoms with Gasteiger partial charge in [0.2, 0.25) is 0 Å². The summed E-state index contributed by atoms with van der Waals surface area (Å²) in [5.74, 6) is 1.15. The lowest BCUT2D eigenvalue weighted by molar-refractivity contribution is 0.124. The van der Waals surface area contributed by atoms with E-state index >= 15 is 0 Å². The van der Waals surface area contributed by atoms with Gasteiger partial charge >= 0.3 is 0 Å². The Morgan fingerprint density at radius 1 is 1.38 bits per heavy atom. The molecule has 0 aliphatic heterocycles. The molecule has 2 rings (SSSR count). The van der Waals surface area contributed by atoms with E-state index in [-0.39, 0.29) is 5.54 Å². The number of ether oxygens (including phenoxy) is 1. The van der Waals surface area contributed by atoms with Crippen molar-refractivity contribution in [2.45, 2.75) is 51.0 Å². The first kappa shape index (κ1) is 9.07. The van der Waals surface area contributed by atoms with E-state index in [0.29, 0.717) is 0 Å². The summed E-state index contributed by atoms with van der Waals surface area (Å²) in [6.07, 6.45) is 7.25. The first-order chi connectivity index (χ1) is 6.26. The minimum Gasteiger partial charge on any atom is -0.496 e. The monoisotopic (exact) mass is 181 g/mol. The number of rotatable bonds is 3. The summed E-state index contributed by atoms with van der Waals surface area (Å²) >= 11 is 0. The van der Waals surface area contributed by atoms with Crippen LogP contribution in [0, 0.1) is 0 Å². The van der Waals surface area contributed by atoms with Crippen LogP contribution in [0.1, 0.15) is 45.4 Å². The molecule has 0 atom stereocenters. The van der Waals surface area contributed by atoms with Crippen LogP contribution in [0.2, 0.25) is 0 Å². The van der Waals surface area contributed by atoms with Gasteiger partial charge in [-0.15, -0.1) is 0 Å². The van der Waals surface area contributed by atoms with Gasteiger partial charge in [0.25, 0.3) is 0 Å². The fraction of sp³-hybridized carbons (Fsp3) is 0.818. The van der Waals surface area contributed by atoms with E-state index in [1.165, 1.54) is 31.3 Å². The second-order valence-corrected chi connectivity index (χ2v) is 4.23. The Morgan fingerprint density at radius 2 is 2.08 bits per heavy atom. The van der Waals surface area contributed by atoms with Crippen LogP contribution >= 0.6 is 0 Å². The maximum Gasteiger partial charge on any atom is 0.115 e. The molecular formula is C11H19NO. The summed E-state index contributed by atoms with van der Waals surface area (Å²) < 4.78 is 5.71. The fourth-order valence-electron chi connectivity index (χ4n) is 2.11. The van der Waals surface area contributed by atoms with Crippen molar-refractivity contribution in [1.82, 2.24) is 0 Å². The van der Waals surface area contributed by atoms with E-state index in [1.54, 1.807) is 0 Å². The Balaban J connectivity index is 2.13. The smallest absolute Gasteiger partial charge is 0.115 e. The van der Waals surface area contributed by atoms with Gasteiger partial charge in [0.1, 0.15) is 5.76 Å². The zero-order valence-corrected chi connectivity index (χ0v) is 8.44. The molecule has 2 saturated carbocycles. The van der Waals surface area contributed by atoms with E-state index in [9.17, 15) is 0 Å². The predicted molar refractivity (Wildman–Crippen MR) is 53.3 cm³/mol. The molecule has 2 heteroatoms. The number of allylic oxidation sites excluding steroid dienone is 1. The quantitative estimate of drug-likeness (QED) is 0.678. The molecule has 0 heterocycles. The zero-order valence-electron chi connectivity index (χ0n) is 8.44. The number of hydrogen-bond donors (Lipinski definition) is 1. The Morgan fingerprint density at radius 3 is 2.38 bits per heavy atom. The molecule has 2 fully saturated rings. The molecule has 2 aliphatic carbocycles. The van der Waals surface area contributed by atoms with Crippen molar-refractivity contribution in [3.05, 3.63) is 11.3 Å². The van der Waals surface area contributed by atoms with Crippen LogP contribution in [-0.2, 0) is 4.74 Å². The van der Waals surface area contributed by atoms with Gasteiger partial charge in [-0.3, -0.25) is 0 Å². The SMILES string of the molecule is CCOC(=C1CCC1)C1(N)CCC1. The third-order valence-corrected chi connectivity index (χ3v) is 3.26. The van der Waals surface area contributed by atoms with Crippen molar-refractivity contribution >= 4 is 0 Å². The van der Waals surface area contributed by atoms with Gasteiger partial charge in [-0.25, -0.2) is 0 Å². The predicted octanol–water partition coefficient (Wildman–Crippen LogP) is 2.34. The largest absolute Gasteiger partial charge is 0.496 e. The van der Waals surface area contributed by atoms with Gasteiger partial charge in [-0.2, -0.15) is 0 Å². The molecule has 0 saturated heterocycles. The molecule has 2 nitrogen and oxygen atoms in total. The standard InChI is InChI=1S/C11H19NO/c1-2-13-10(9-5-3-6-9)11(12)7-4-8-11/h2-8,12H2,1H3. The second kappa shape index (κ2) is 3.33. The summed E-state index contributed by atoms with van der Waals surface area (Å²) in [5.41, 5.74) is 7.67. The fourth-order valence-corrected chi connectivity index (χ4v) is 2.11. The summed E-state index contributed by atoms with van der Waals surface area (Å²) in [7, 11) is 0. The molecular weight excluding hydrogens is 162 g/mol. The first-order valence-corrected chi connectivity index (χ1v) is 5.40. The number of nitrogens with two attached hydrogens (primary N) is 1. The lowest BCUT2D eigenvalue weighted by Gasteiger charge is -2.42. The molecule has 0 unspecified atom stereocenters. The summed E-state index contributed by atoms with van der Waals surface area (Å²) in [4.78, 5) is 0. The highest BCUT2D eigenvalue weighted by molar-refractivity contribution is 5.27. The highest BCUT2D eigenvalue weighted by Crippen LogP contribution is 2.42. The van der Waals surface area contributed by atoms with Crippen molar-refractivity contribution < 1.29 is 4.74 Å². The van der Waals surface area contributed by atoms with E-state index in [1.807, 2.05) is 6.92 Å². The van der Waals surface area contributed by atoms with Crippen molar-refractivity contribution in [3.63, 3.8) is 0 Å². The minimum absolute atomic E-state index is 0.0776. The summed E-state index contributed by atoms with van der Waals surface area (Å²) in [6, 6.07) is 0. The molecule has 0 amide bonds. The topological polar surface area (TPSA) is 35.2 Å². The van der Waals surface area contributed by atoms with Crippen LogP contribution in [0.5, 0.6) is 0 Å². The lowest BCUT2D eigenvalue weighted by atomic mass is 9.72.